The van der Waals surface area contributed by atoms with E-state index in [2.05, 4.69) is 5.32 Å². The Labute approximate surface area is 155 Å². The van der Waals surface area contributed by atoms with Gasteiger partial charge in [-0.05, 0) is 29.3 Å². The Morgan fingerprint density at radius 3 is 2.76 bits per heavy atom. The molecule has 0 radical (unpaired) electrons. The highest BCUT2D eigenvalue weighted by Crippen LogP contribution is 2.38. The fraction of sp³-hybridized carbons (Fsp3) is 0.278. The average Bonchev–Trinajstić information content (AvgIpc) is 2.62. The first-order valence-corrected chi connectivity index (χ1v) is 8.55. The van der Waals surface area contributed by atoms with Gasteiger partial charge in [0, 0.05) is 11.6 Å². The molecule has 7 heteroatoms. The van der Waals surface area contributed by atoms with Crippen LogP contribution in [0.2, 0.25) is 10.0 Å². The van der Waals surface area contributed by atoms with E-state index in [4.69, 9.17) is 37.4 Å². The molecular weight excluding hydrogens is 365 g/mol. The normalized spacial score (nSPS) is 12.7. The van der Waals surface area contributed by atoms with Gasteiger partial charge in [0.2, 0.25) is 5.91 Å². The van der Waals surface area contributed by atoms with E-state index in [-0.39, 0.29) is 19.1 Å². The zero-order chi connectivity index (χ0) is 17.6. The second-order valence-electron chi connectivity index (χ2n) is 5.46. The summed E-state index contributed by atoms with van der Waals surface area (Å²) in [5, 5.41) is 3.87. The maximum Gasteiger partial charge on any atom is 0.246 e. The van der Waals surface area contributed by atoms with Gasteiger partial charge in [0.1, 0.15) is 19.8 Å². The van der Waals surface area contributed by atoms with Crippen molar-refractivity contribution in [3.05, 3.63) is 57.6 Å². The van der Waals surface area contributed by atoms with Crippen LogP contribution in [-0.4, -0.2) is 25.7 Å². The molecule has 2 aromatic rings. The molecule has 5 nitrogen and oxygen atoms in total. The third kappa shape index (κ3) is 4.78. The summed E-state index contributed by atoms with van der Waals surface area (Å²) >= 11 is 12.2. The van der Waals surface area contributed by atoms with E-state index in [1.54, 1.807) is 12.1 Å². The molecule has 0 bridgehead atoms. The van der Waals surface area contributed by atoms with Crippen LogP contribution in [0.25, 0.3) is 0 Å². The van der Waals surface area contributed by atoms with Crippen molar-refractivity contribution < 1.29 is 19.0 Å². The van der Waals surface area contributed by atoms with E-state index >= 15 is 0 Å². The quantitative estimate of drug-likeness (QED) is 0.830. The zero-order valence-corrected chi connectivity index (χ0v) is 14.9. The summed E-state index contributed by atoms with van der Waals surface area (Å²) in [6.45, 7) is 1.51. The number of nitrogens with one attached hydrogen (secondary N) is 1. The van der Waals surface area contributed by atoms with Crippen LogP contribution in [0.15, 0.2) is 36.4 Å². The fourth-order valence-electron chi connectivity index (χ4n) is 2.39. The SMILES string of the molecule is O=C(COCc1ccccc1Cl)NCc1cc(Cl)c2c(c1)OCCO2. The van der Waals surface area contributed by atoms with Gasteiger partial charge in [0.05, 0.1) is 11.6 Å². The Balaban J connectivity index is 1.48. The topological polar surface area (TPSA) is 56.8 Å². The summed E-state index contributed by atoms with van der Waals surface area (Å²) in [4.78, 5) is 11.9. The van der Waals surface area contributed by atoms with Crippen molar-refractivity contribution in [2.75, 3.05) is 19.8 Å². The first-order chi connectivity index (χ1) is 12.1. The number of halogens is 2. The maximum absolute atomic E-state index is 11.9. The highest BCUT2D eigenvalue weighted by Gasteiger charge is 2.16. The van der Waals surface area contributed by atoms with Gasteiger partial charge in [-0.2, -0.15) is 0 Å². The third-order valence-corrected chi connectivity index (χ3v) is 4.24. The Morgan fingerprint density at radius 1 is 1.12 bits per heavy atom. The summed E-state index contributed by atoms with van der Waals surface area (Å²) in [7, 11) is 0. The molecule has 0 unspecified atom stereocenters. The van der Waals surface area contributed by atoms with Crippen molar-refractivity contribution in [2.24, 2.45) is 0 Å². The van der Waals surface area contributed by atoms with Crippen LogP contribution < -0.4 is 14.8 Å². The molecule has 1 amide bonds. The number of benzene rings is 2. The minimum Gasteiger partial charge on any atom is -0.486 e. The lowest BCUT2D eigenvalue weighted by Gasteiger charge is -2.20. The first kappa shape index (κ1) is 17.9. The molecule has 1 aliphatic heterocycles. The van der Waals surface area contributed by atoms with Crippen LogP contribution in [-0.2, 0) is 22.7 Å². The highest BCUT2D eigenvalue weighted by molar-refractivity contribution is 6.32. The molecular formula is C18H17Cl2NO4. The van der Waals surface area contributed by atoms with Crippen molar-refractivity contribution in [3.8, 4) is 11.5 Å². The molecule has 0 aliphatic carbocycles. The minimum atomic E-state index is -0.224. The molecule has 25 heavy (non-hydrogen) atoms. The molecule has 0 spiro atoms. The number of hydrogen-bond acceptors (Lipinski definition) is 4. The standard InChI is InChI=1S/C18H17Cl2NO4/c19-14-4-2-1-3-13(14)10-23-11-17(22)21-9-12-7-15(20)18-16(8-12)24-5-6-25-18/h1-4,7-8H,5-6,9-11H2,(H,21,22). The minimum absolute atomic E-state index is 0.0521. The maximum atomic E-state index is 11.9. The monoisotopic (exact) mass is 381 g/mol. The van der Waals surface area contributed by atoms with Crippen molar-refractivity contribution in [3.63, 3.8) is 0 Å². The second-order valence-corrected chi connectivity index (χ2v) is 6.28. The number of carbonyl (C=O) groups excluding carboxylic acids is 1. The lowest BCUT2D eigenvalue weighted by atomic mass is 10.2. The first-order valence-electron chi connectivity index (χ1n) is 7.79. The van der Waals surface area contributed by atoms with Crippen LogP contribution in [0.1, 0.15) is 11.1 Å². The lowest BCUT2D eigenvalue weighted by molar-refractivity contribution is -0.126. The van der Waals surface area contributed by atoms with Gasteiger partial charge in [-0.25, -0.2) is 0 Å². The van der Waals surface area contributed by atoms with Gasteiger partial charge < -0.3 is 19.5 Å². The van der Waals surface area contributed by atoms with Gasteiger partial charge in [0.15, 0.2) is 11.5 Å². The van der Waals surface area contributed by atoms with Crippen LogP contribution in [0.5, 0.6) is 11.5 Å². The smallest absolute Gasteiger partial charge is 0.246 e. The van der Waals surface area contributed by atoms with E-state index in [0.29, 0.717) is 41.3 Å². The largest absolute Gasteiger partial charge is 0.486 e. The lowest BCUT2D eigenvalue weighted by Crippen LogP contribution is -2.27. The molecule has 0 aromatic heterocycles. The van der Waals surface area contributed by atoms with Crippen molar-refractivity contribution in [2.45, 2.75) is 13.2 Å². The predicted molar refractivity (Wildman–Crippen MR) is 95.4 cm³/mol. The van der Waals surface area contributed by atoms with Crippen molar-refractivity contribution >= 4 is 29.1 Å². The number of carbonyl (C=O) groups is 1. The molecule has 2 aromatic carbocycles. The number of amides is 1. The van der Waals surface area contributed by atoms with Crippen LogP contribution >= 0.6 is 23.2 Å². The Kier molecular flexibility index (Phi) is 6.02. The summed E-state index contributed by atoms with van der Waals surface area (Å²) < 4.78 is 16.4. The Bertz CT molecular complexity index is 767. The molecule has 0 saturated carbocycles. The Morgan fingerprint density at radius 2 is 1.92 bits per heavy atom. The molecule has 0 saturated heterocycles. The molecule has 1 N–H and O–H groups in total. The third-order valence-electron chi connectivity index (χ3n) is 3.59. The number of ether oxygens (including phenoxy) is 3. The van der Waals surface area contributed by atoms with Gasteiger partial charge >= 0.3 is 0 Å². The van der Waals surface area contributed by atoms with Crippen LogP contribution in [0.4, 0.5) is 0 Å². The van der Waals surface area contributed by atoms with E-state index in [0.717, 1.165) is 11.1 Å². The number of rotatable bonds is 6. The second kappa shape index (κ2) is 8.43. The van der Waals surface area contributed by atoms with E-state index in [9.17, 15) is 4.79 Å². The number of hydrogen-bond donors (Lipinski definition) is 1. The van der Waals surface area contributed by atoms with E-state index < -0.39 is 0 Å². The summed E-state index contributed by atoms with van der Waals surface area (Å²) in [5.74, 6) is 0.919. The predicted octanol–water partition coefficient (Wildman–Crippen LogP) is 3.60. The average molecular weight is 382 g/mol. The zero-order valence-electron chi connectivity index (χ0n) is 13.4. The molecule has 1 heterocycles. The van der Waals surface area contributed by atoms with Crippen LogP contribution in [0, 0.1) is 0 Å². The highest BCUT2D eigenvalue weighted by atomic mass is 35.5. The van der Waals surface area contributed by atoms with Crippen molar-refractivity contribution in [1.82, 2.24) is 5.32 Å². The molecule has 132 valence electrons. The van der Waals surface area contributed by atoms with Crippen LogP contribution in [0.3, 0.4) is 0 Å². The fourth-order valence-corrected chi connectivity index (χ4v) is 2.87. The van der Waals surface area contributed by atoms with Gasteiger partial charge in [-0.3, -0.25) is 4.79 Å². The molecule has 0 atom stereocenters. The summed E-state index contributed by atoms with van der Waals surface area (Å²) in [5.41, 5.74) is 1.67. The van der Waals surface area contributed by atoms with Gasteiger partial charge in [-0.1, -0.05) is 41.4 Å². The summed E-state index contributed by atoms with van der Waals surface area (Å²) in [6, 6.07) is 10.9. The Hall–Kier alpha value is -1.95. The molecule has 3 rings (SSSR count). The van der Waals surface area contributed by atoms with E-state index in [1.165, 1.54) is 0 Å². The van der Waals surface area contributed by atoms with E-state index in [1.807, 2.05) is 24.3 Å². The molecule has 1 aliphatic rings. The molecule has 0 fully saturated rings. The van der Waals surface area contributed by atoms with Gasteiger partial charge in [-0.15, -0.1) is 0 Å². The number of fused-ring (bicyclic) bond motifs is 1. The van der Waals surface area contributed by atoms with Gasteiger partial charge in [0.25, 0.3) is 0 Å². The summed E-state index contributed by atoms with van der Waals surface area (Å²) in [6.07, 6.45) is 0. The van der Waals surface area contributed by atoms with Crippen molar-refractivity contribution in [1.29, 1.82) is 0 Å².